The molecule has 1 spiro atoms. The average Bonchev–Trinajstić information content (AvgIpc) is 3.26. The summed E-state index contributed by atoms with van der Waals surface area (Å²) in [5.74, 6) is 1.43. The van der Waals surface area contributed by atoms with Crippen LogP contribution >= 0.6 is 0 Å². The van der Waals surface area contributed by atoms with Crippen LogP contribution < -0.4 is 0 Å². The molecule has 2 saturated heterocycles. The smallest absolute Gasteiger partial charge is 0.229 e. The van der Waals surface area contributed by atoms with Crippen molar-refractivity contribution < 1.29 is 14.3 Å². The third-order valence-corrected chi connectivity index (χ3v) is 5.85. The Hall–Kier alpha value is -1.10. The Labute approximate surface area is 133 Å². The first-order chi connectivity index (χ1) is 10.6. The van der Waals surface area contributed by atoms with Gasteiger partial charge in [0, 0.05) is 39.2 Å². The van der Waals surface area contributed by atoms with Crippen molar-refractivity contribution in [2.24, 2.45) is 17.3 Å². The maximum atomic E-state index is 12.8. The van der Waals surface area contributed by atoms with Gasteiger partial charge in [0.25, 0.3) is 0 Å². The summed E-state index contributed by atoms with van der Waals surface area (Å²) in [6.07, 6.45) is 4.77. The van der Waals surface area contributed by atoms with Gasteiger partial charge >= 0.3 is 0 Å². The van der Waals surface area contributed by atoms with Crippen LogP contribution in [0.3, 0.4) is 0 Å². The van der Waals surface area contributed by atoms with Gasteiger partial charge in [-0.2, -0.15) is 0 Å². The van der Waals surface area contributed by atoms with Gasteiger partial charge in [-0.3, -0.25) is 9.59 Å². The van der Waals surface area contributed by atoms with Crippen LogP contribution in [0.25, 0.3) is 0 Å². The van der Waals surface area contributed by atoms with Crippen molar-refractivity contribution in [1.29, 1.82) is 0 Å². The SMILES string of the molecule is COCCN1CCCC2(CCN(C(=O)C3CC3C)CC2)C1=O. The van der Waals surface area contributed by atoms with E-state index in [1.54, 1.807) is 7.11 Å². The van der Waals surface area contributed by atoms with Crippen molar-refractivity contribution in [3.8, 4) is 0 Å². The molecule has 2 unspecified atom stereocenters. The molecule has 0 N–H and O–H groups in total. The number of piperidine rings is 2. The molecule has 2 heterocycles. The van der Waals surface area contributed by atoms with E-state index in [0.29, 0.717) is 30.9 Å². The number of hydrogen-bond donors (Lipinski definition) is 0. The Bertz CT molecular complexity index is 443. The number of ether oxygens (including phenoxy) is 1. The third kappa shape index (κ3) is 2.87. The van der Waals surface area contributed by atoms with Gasteiger partial charge in [0.05, 0.1) is 12.0 Å². The van der Waals surface area contributed by atoms with Crippen molar-refractivity contribution in [2.75, 3.05) is 39.9 Å². The molecule has 3 fully saturated rings. The second-order valence-corrected chi connectivity index (χ2v) is 7.31. The number of rotatable bonds is 4. The second kappa shape index (κ2) is 6.19. The minimum Gasteiger partial charge on any atom is -0.383 e. The maximum Gasteiger partial charge on any atom is 0.229 e. The maximum absolute atomic E-state index is 12.8. The zero-order valence-corrected chi connectivity index (χ0v) is 13.8. The van der Waals surface area contributed by atoms with E-state index in [9.17, 15) is 9.59 Å². The van der Waals surface area contributed by atoms with E-state index in [2.05, 4.69) is 6.92 Å². The average molecular weight is 308 g/mol. The molecule has 5 heteroatoms. The van der Waals surface area contributed by atoms with Gasteiger partial charge in [-0.1, -0.05) is 6.92 Å². The van der Waals surface area contributed by atoms with E-state index >= 15 is 0 Å². The molecule has 0 radical (unpaired) electrons. The fraction of sp³-hybridized carbons (Fsp3) is 0.882. The first-order valence-corrected chi connectivity index (χ1v) is 8.64. The van der Waals surface area contributed by atoms with Crippen molar-refractivity contribution in [3.05, 3.63) is 0 Å². The number of hydrogen-bond acceptors (Lipinski definition) is 3. The number of nitrogens with zero attached hydrogens (tertiary/aromatic N) is 2. The fourth-order valence-corrected chi connectivity index (χ4v) is 4.09. The van der Waals surface area contributed by atoms with E-state index in [4.69, 9.17) is 4.74 Å². The molecule has 124 valence electrons. The standard InChI is InChI=1S/C17H28N2O3/c1-13-12-14(13)15(20)18-8-5-17(6-9-18)4-3-7-19(16(17)21)10-11-22-2/h13-14H,3-12H2,1-2H3. The Morgan fingerprint density at radius 3 is 2.55 bits per heavy atom. The highest BCUT2D eigenvalue weighted by Crippen LogP contribution is 2.43. The van der Waals surface area contributed by atoms with Gasteiger partial charge in [-0.15, -0.1) is 0 Å². The Kier molecular flexibility index (Phi) is 4.44. The minimum atomic E-state index is -0.210. The highest BCUT2D eigenvalue weighted by atomic mass is 16.5. The molecule has 5 nitrogen and oxygen atoms in total. The van der Waals surface area contributed by atoms with Crippen molar-refractivity contribution in [2.45, 2.75) is 39.0 Å². The summed E-state index contributed by atoms with van der Waals surface area (Å²) in [7, 11) is 1.67. The van der Waals surface area contributed by atoms with Crippen LogP contribution in [0, 0.1) is 17.3 Å². The van der Waals surface area contributed by atoms with E-state index in [1.807, 2.05) is 9.80 Å². The number of amides is 2. The van der Waals surface area contributed by atoms with Gasteiger partial charge in [0.1, 0.15) is 0 Å². The van der Waals surface area contributed by atoms with Crippen molar-refractivity contribution in [3.63, 3.8) is 0 Å². The monoisotopic (exact) mass is 308 g/mol. The first kappa shape index (κ1) is 15.8. The Morgan fingerprint density at radius 2 is 1.95 bits per heavy atom. The predicted octanol–water partition coefficient (Wildman–Crippen LogP) is 1.52. The van der Waals surface area contributed by atoms with Gasteiger partial charge in [-0.05, 0) is 38.0 Å². The lowest BCUT2D eigenvalue weighted by Crippen LogP contribution is -2.55. The van der Waals surface area contributed by atoms with Gasteiger partial charge < -0.3 is 14.5 Å². The number of likely N-dealkylation sites (tertiary alicyclic amines) is 2. The molecule has 2 aliphatic heterocycles. The van der Waals surface area contributed by atoms with E-state index in [0.717, 1.165) is 51.7 Å². The van der Waals surface area contributed by atoms with Gasteiger partial charge in [0.2, 0.25) is 11.8 Å². The van der Waals surface area contributed by atoms with Crippen LogP contribution in [0.15, 0.2) is 0 Å². The topological polar surface area (TPSA) is 49.9 Å². The fourth-order valence-electron chi connectivity index (χ4n) is 4.09. The summed E-state index contributed by atoms with van der Waals surface area (Å²) in [6, 6.07) is 0. The van der Waals surface area contributed by atoms with Crippen LogP contribution in [-0.4, -0.2) is 61.5 Å². The molecule has 1 saturated carbocycles. The third-order valence-electron chi connectivity index (χ3n) is 5.85. The molecule has 22 heavy (non-hydrogen) atoms. The zero-order valence-electron chi connectivity index (χ0n) is 13.8. The first-order valence-electron chi connectivity index (χ1n) is 8.64. The number of carbonyl (C=O) groups is 2. The van der Waals surface area contributed by atoms with E-state index in [1.165, 1.54) is 0 Å². The highest BCUT2D eigenvalue weighted by molar-refractivity contribution is 5.85. The lowest BCUT2D eigenvalue weighted by Gasteiger charge is -2.46. The van der Waals surface area contributed by atoms with Crippen LogP contribution in [0.5, 0.6) is 0 Å². The largest absolute Gasteiger partial charge is 0.383 e. The summed E-state index contributed by atoms with van der Waals surface area (Å²) in [6.45, 7) is 5.81. The summed E-state index contributed by atoms with van der Waals surface area (Å²) >= 11 is 0. The number of methoxy groups -OCH3 is 1. The summed E-state index contributed by atoms with van der Waals surface area (Å²) < 4.78 is 5.11. The molecule has 3 rings (SSSR count). The van der Waals surface area contributed by atoms with Gasteiger partial charge in [0.15, 0.2) is 0 Å². The Morgan fingerprint density at radius 1 is 1.27 bits per heavy atom. The molecule has 2 atom stereocenters. The normalized spacial score (nSPS) is 30.7. The lowest BCUT2D eigenvalue weighted by molar-refractivity contribution is -0.153. The number of carbonyl (C=O) groups excluding carboxylic acids is 2. The molecule has 0 aromatic rings. The van der Waals surface area contributed by atoms with Crippen LogP contribution in [0.2, 0.25) is 0 Å². The summed E-state index contributed by atoms with van der Waals surface area (Å²) in [4.78, 5) is 29.2. The second-order valence-electron chi connectivity index (χ2n) is 7.31. The highest BCUT2D eigenvalue weighted by Gasteiger charge is 2.48. The van der Waals surface area contributed by atoms with Crippen LogP contribution in [0.4, 0.5) is 0 Å². The Balaban J connectivity index is 1.58. The summed E-state index contributed by atoms with van der Waals surface area (Å²) in [5, 5.41) is 0. The molecule has 3 aliphatic rings. The van der Waals surface area contributed by atoms with Crippen LogP contribution in [-0.2, 0) is 14.3 Å². The quantitative estimate of drug-likeness (QED) is 0.791. The van der Waals surface area contributed by atoms with E-state index < -0.39 is 0 Å². The zero-order chi connectivity index (χ0) is 15.7. The molecule has 2 amide bonds. The van der Waals surface area contributed by atoms with Crippen molar-refractivity contribution >= 4 is 11.8 Å². The molecular weight excluding hydrogens is 280 g/mol. The van der Waals surface area contributed by atoms with Crippen LogP contribution in [0.1, 0.15) is 39.0 Å². The molecule has 0 aromatic heterocycles. The predicted molar refractivity (Wildman–Crippen MR) is 83.2 cm³/mol. The van der Waals surface area contributed by atoms with E-state index in [-0.39, 0.29) is 11.3 Å². The molecule has 1 aliphatic carbocycles. The lowest BCUT2D eigenvalue weighted by atomic mass is 9.71. The summed E-state index contributed by atoms with van der Waals surface area (Å²) in [5.41, 5.74) is -0.210. The molecule has 0 aromatic carbocycles. The minimum absolute atomic E-state index is 0.210. The van der Waals surface area contributed by atoms with Crippen molar-refractivity contribution in [1.82, 2.24) is 9.80 Å². The van der Waals surface area contributed by atoms with Gasteiger partial charge in [-0.25, -0.2) is 0 Å². The molecule has 0 bridgehead atoms. The molecular formula is C17H28N2O3.